The second kappa shape index (κ2) is 8.00. The zero-order valence-corrected chi connectivity index (χ0v) is 17.7. The van der Waals surface area contributed by atoms with Crippen molar-refractivity contribution in [2.75, 3.05) is 20.8 Å². The standard InChI is InChI=1S/C24H24FN3O3/c1-24(19-9-7-18-13-21(31-3)10-8-17(18)12-19)22(29)28(23(30)26-24)15-27(2)14-16-5-4-6-20(25)11-16/h4-13H,14-15H2,1-3H3,(H,26,30)/p+1/t24-/m1/s1. The van der Waals surface area contributed by atoms with Gasteiger partial charge in [-0.1, -0.05) is 30.3 Å². The Balaban J connectivity index is 1.54. The van der Waals surface area contributed by atoms with E-state index in [0.717, 1.165) is 27.0 Å². The molecule has 3 aromatic carbocycles. The number of amides is 3. The van der Waals surface area contributed by atoms with Crippen LogP contribution in [-0.2, 0) is 16.9 Å². The molecule has 6 nitrogen and oxygen atoms in total. The third-order valence-electron chi connectivity index (χ3n) is 5.72. The number of ether oxygens (including phenoxy) is 1. The second-order valence-electron chi connectivity index (χ2n) is 8.14. The molecule has 1 saturated heterocycles. The summed E-state index contributed by atoms with van der Waals surface area (Å²) in [4.78, 5) is 28.1. The van der Waals surface area contributed by atoms with Crippen LogP contribution >= 0.6 is 0 Å². The summed E-state index contributed by atoms with van der Waals surface area (Å²) in [6.07, 6.45) is 0. The highest BCUT2D eigenvalue weighted by Gasteiger charge is 2.50. The topological polar surface area (TPSA) is 63.1 Å². The Kier molecular flexibility index (Phi) is 5.37. The van der Waals surface area contributed by atoms with E-state index in [-0.39, 0.29) is 18.4 Å². The van der Waals surface area contributed by atoms with Crippen molar-refractivity contribution in [2.45, 2.75) is 19.0 Å². The number of nitrogens with one attached hydrogen (secondary N) is 2. The summed E-state index contributed by atoms with van der Waals surface area (Å²) in [6, 6.07) is 17.3. The molecule has 4 rings (SSSR count). The van der Waals surface area contributed by atoms with Crippen LogP contribution in [0.1, 0.15) is 18.1 Å². The van der Waals surface area contributed by atoms with Crippen LogP contribution in [0.5, 0.6) is 5.75 Å². The van der Waals surface area contributed by atoms with Gasteiger partial charge in [0.1, 0.15) is 23.7 Å². The molecule has 2 atom stereocenters. The number of rotatable bonds is 6. The van der Waals surface area contributed by atoms with E-state index < -0.39 is 11.6 Å². The molecular weight excluding hydrogens is 397 g/mol. The van der Waals surface area contributed by atoms with E-state index >= 15 is 0 Å². The lowest BCUT2D eigenvalue weighted by molar-refractivity contribution is -0.901. The molecule has 3 aromatic rings. The van der Waals surface area contributed by atoms with Gasteiger partial charge in [-0.15, -0.1) is 0 Å². The molecule has 160 valence electrons. The van der Waals surface area contributed by atoms with Crippen molar-refractivity contribution in [2.24, 2.45) is 0 Å². The molecule has 3 amide bonds. The predicted octanol–water partition coefficient (Wildman–Crippen LogP) is 2.43. The first-order valence-corrected chi connectivity index (χ1v) is 10.1. The number of nitrogens with zero attached hydrogens (tertiary/aromatic N) is 1. The Bertz CT molecular complexity index is 1170. The molecule has 1 unspecified atom stereocenters. The third kappa shape index (κ3) is 3.96. The van der Waals surface area contributed by atoms with E-state index in [0.29, 0.717) is 12.1 Å². The Hall–Kier alpha value is -3.45. The molecular formula is C24H25FN3O3+. The first kappa shape index (κ1) is 20.8. The molecule has 0 aromatic heterocycles. The molecule has 1 fully saturated rings. The van der Waals surface area contributed by atoms with Crippen molar-refractivity contribution >= 4 is 22.7 Å². The van der Waals surface area contributed by atoms with Gasteiger partial charge in [-0.25, -0.2) is 14.1 Å². The van der Waals surface area contributed by atoms with Gasteiger partial charge in [-0.3, -0.25) is 4.79 Å². The lowest BCUT2D eigenvalue weighted by atomic mass is 9.90. The number of quaternary nitrogens is 1. The minimum Gasteiger partial charge on any atom is -0.497 e. The molecule has 1 heterocycles. The van der Waals surface area contributed by atoms with E-state index in [1.165, 1.54) is 17.0 Å². The molecule has 2 N–H and O–H groups in total. The molecule has 0 radical (unpaired) electrons. The van der Waals surface area contributed by atoms with Gasteiger partial charge < -0.3 is 15.0 Å². The van der Waals surface area contributed by atoms with E-state index in [2.05, 4.69) is 5.32 Å². The molecule has 1 aliphatic rings. The summed E-state index contributed by atoms with van der Waals surface area (Å²) in [5, 5.41) is 4.79. The highest BCUT2D eigenvalue weighted by molar-refractivity contribution is 6.07. The Morgan fingerprint density at radius 1 is 1.06 bits per heavy atom. The fourth-order valence-corrected chi connectivity index (χ4v) is 4.02. The number of methoxy groups -OCH3 is 1. The van der Waals surface area contributed by atoms with Gasteiger partial charge in [-0.2, -0.15) is 0 Å². The van der Waals surface area contributed by atoms with Crippen LogP contribution in [0, 0.1) is 5.82 Å². The maximum atomic E-state index is 13.4. The SMILES string of the molecule is COc1ccc2cc([C@@]3(C)NC(=O)N(C[NH+](C)Cc4cccc(F)c4)C3=O)ccc2c1. The average Bonchev–Trinajstić information content (AvgIpc) is 2.96. The molecule has 0 aliphatic carbocycles. The number of fused-ring (bicyclic) bond motifs is 1. The smallest absolute Gasteiger partial charge is 0.329 e. The summed E-state index contributed by atoms with van der Waals surface area (Å²) in [6.45, 7) is 2.39. The van der Waals surface area contributed by atoms with Crippen molar-refractivity contribution in [1.82, 2.24) is 10.2 Å². The first-order valence-electron chi connectivity index (χ1n) is 10.1. The van der Waals surface area contributed by atoms with Crippen LogP contribution < -0.4 is 15.0 Å². The number of hydrogen-bond donors (Lipinski definition) is 2. The van der Waals surface area contributed by atoms with Crippen LogP contribution in [0.15, 0.2) is 60.7 Å². The van der Waals surface area contributed by atoms with Crippen molar-refractivity contribution < 1.29 is 23.6 Å². The number of imide groups is 1. The maximum absolute atomic E-state index is 13.4. The van der Waals surface area contributed by atoms with Crippen LogP contribution in [0.25, 0.3) is 10.8 Å². The van der Waals surface area contributed by atoms with E-state index in [1.807, 2.05) is 49.5 Å². The van der Waals surface area contributed by atoms with Gasteiger partial charge in [0.15, 0.2) is 6.67 Å². The van der Waals surface area contributed by atoms with Crippen LogP contribution in [0.2, 0.25) is 0 Å². The molecule has 0 saturated carbocycles. The zero-order valence-electron chi connectivity index (χ0n) is 17.7. The second-order valence-corrected chi connectivity index (χ2v) is 8.14. The predicted molar refractivity (Wildman–Crippen MR) is 115 cm³/mol. The number of halogens is 1. The van der Waals surface area contributed by atoms with Gasteiger partial charge in [0.05, 0.1) is 14.2 Å². The molecule has 7 heteroatoms. The fraction of sp³-hybridized carbons (Fsp3) is 0.250. The van der Waals surface area contributed by atoms with Gasteiger partial charge in [0.2, 0.25) is 0 Å². The summed E-state index contributed by atoms with van der Waals surface area (Å²) in [7, 11) is 3.48. The van der Waals surface area contributed by atoms with Crippen LogP contribution in [-0.4, -0.2) is 37.7 Å². The van der Waals surface area contributed by atoms with Crippen molar-refractivity contribution in [3.8, 4) is 5.75 Å². The summed E-state index contributed by atoms with van der Waals surface area (Å²) in [5.74, 6) is 0.151. The van der Waals surface area contributed by atoms with E-state index in [1.54, 1.807) is 20.1 Å². The monoisotopic (exact) mass is 422 g/mol. The molecule has 0 bridgehead atoms. The molecule has 1 aliphatic heterocycles. The zero-order chi connectivity index (χ0) is 22.2. The average molecular weight is 422 g/mol. The van der Waals surface area contributed by atoms with E-state index in [4.69, 9.17) is 4.74 Å². The molecule has 31 heavy (non-hydrogen) atoms. The van der Waals surface area contributed by atoms with Gasteiger partial charge in [0.25, 0.3) is 5.91 Å². The number of carbonyl (C=O) groups is 2. The number of carbonyl (C=O) groups excluding carboxylic acids is 2. The fourth-order valence-electron chi connectivity index (χ4n) is 4.02. The maximum Gasteiger partial charge on any atom is 0.329 e. The number of benzene rings is 3. The highest BCUT2D eigenvalue weighted by Crippen LogP contribution is 2.31. The normalized spacial score (nSPS) is 19.5. The summed E-state index contributed by atoms with van der Waals surface area (Å²) in [5.41, 5.74) is 0.371. The lowest BCUT2D eigenvalue weighted by Gasteiger charge is -2.24. The van der Waals surface area contributed by atoms with Gasteiger partial charge >= 0.3 is 6.03 Å². The largest absolute Gasteiger partial charge is 0.497 e. The minimum absolute atomic E-state index is 0.182. The van der Waals surface area contributed by atoms with Gasteiger partial charge in [-0.05, 0) is 53.6 Å². The van der Waals surface area contributed by atoms with E-state index in [9.17, 15) is 14.0 Å². The summed E-state index contributed by atoms with van der Waals surface area (Å²) >= 11 is 0. The first-order chi connectivity index (χ1) is 14.8. The third-order valence-corrected chi connectivity index (χ3v) is 5.72. The highest BCUT2D eigenvalue weighted by atomic mass is 19.1. The quantitative estimate of drug-likeness (QED) is 0.600. The van der Waals surface area contributed by atoms with Crippen molar-refractivity contribution in [3.63, 3.8) is 0 Å². The van der Waals surface area contributed by atoms with Gasteiger partial charge in [0, 0.05) is 5.56 Å². The Morgan fingerprint density at radius 3 is 2.55 bits per heavy atom. The number of hydrogen-bond acceptors (Lipinski definition) is 3. The summed E-state index contributed by atoms with van der Waals surface area (Å²) < 4.78 is 18.7. The van der Waals surface area contributed by atoms with Crippen LogP contribution in [0.3, 0.4) is 0 Å². The lowest BCUT2D eigenvalue weighted by Crippen LogP contribution is -3.09. The molecule has 0 spiro atoms. The Labute approximate surface area is 180 Å². The van der Waals surface area contributed by atoms with Crippen LogP contribution in [0.4, 0.5) is 9.18 Å². The van der Waals surface area contributed by atoms with Crippen molar-refractivity contribution in [3.05, 3.63) is 77.6 Å². The Morgan fingerprint density at radius 2 is 1.81 bits per heavy atom. The minimum atomic E-state index is -1.15. The number of urea groups is 1. The van der Waals surface area contributed by atoms with Crippen molar-refractivity contribution in [1.29, 1.82) is 0 Å².